The van der Waals surface area contributed by atoms with Crippen LogP contribution in [0.1, 0.15) is 46.0 Å². The third kappa shape index (κ3) is 3.43. The molecule has 0 aromatic carbocycles. The van der Waals surface area contributed by atoms with Crippen molar-refractivity contribution in [3.63, 3.8) is 0 Å². The predicted molar refractivity (Wildman–Crippen MR) is 67.8 cm³/mol. The lowest BCUT2D eigenvalue weighted by Gasteiger charge is -2.39. The summed E-state index contributed by atoms with van der Waals surface area (Å²) >= 11 is 0. The van der Waals surface area contributed by atoms with E-state index in [0.717, 1.165) is 12.8 Å². The molecular weight excluding hydrogens is 235 g/mol. The lowest BCUT2D eigenvalue weighted by Crippen LogP contribution is -2.63. The zero-order chi connectivity index (χ0) is 13.5. The van der Waals surface area contributed by atoms with E-state index in [2.05, 4.69) is 5.32 Å². The van der Waals surface area contributed by atoms with Gasteiger partial charge in [-0.3, -0.25) is 14.0 Å². The number of rotatable bonds is 7. The molecule has 1 saturated heterocycles. The third-order valence-electron chi connectivity index (χ3n) is 3.25. The molecule has 1 aliphatic rings. The molecule has 1 fully saturated rings. The van der Waals surface area contributed by atoms with E-state index in [1.807, 2.05) is 13.8 Å². The van der Waals surface area contributed by atoms with Gasteiger partial charge >= 0.3 is 0 Å². The highest BCUT2D eigenvalue weighted by molar-refractivity contribution is 5.96. The monoisotopic (exact) mass is 258 g/mol. The molecule has 0 radical (unpaired) electrons. The van der Waals surface area contributed by atoms with Gasteiger partial charge in [-0.2, -0.15) is 0 Å². The first-order valence-corrected chi connectivity index (χ1v) is 6.82. The van der Waals surface area contributed by atoms with E-state index in [0.29, 0.717) is 25.8 Å². The minimum Gasteiger partial charge on any atom is -0.343 e. The van der Waals surface area contributed by atoms with Gasteiger partial charge in [-0.25, -0.2) is 0 Å². The molecular formula is C13H23FN2O2. The maximum atomic E-state index is 12.3. The fourth-order valence-electron chi connectivity index (χ4n) is 2.37. The Bertz CT molecular complexity index is 297. The van der Waals surface area contributed by atoms with E-state index in [1.165, 1.54) is 0 Å². The van der Waals surface area contributed by atoms with Crippen LogP contribution in [0, 0.1) is 0 Å². The molecule has 2 unspecified atom stereocenters. The summed E-state index contributed by atoms with van der Waals surface area (Å²) in [5.41, 5.74) is 0. The zero-order valence-corrected chi connectivity index (χ0v) is 11.2. The highest BCUT2D eigenvalue weighted by atomic mass is 19.1. The van der Waals surface area contributed by atoms with E-state index >= 15 is 0 Å². The minimum atomic E-state index is -0.456. The quantitative estimate of drug-likeness (QED) is 0.754. The smallest absolute Gasteiger partial charge is 0.245 e. The third-order valence-corrected chi connectivity index (χ3v) is 3.25. The van der Waals surface area contributed by atoms with Gasteiger partial charge in [-0.05, 0) is 19.3 Å². The van der Waals surface area contributed by atoms with Crippen molar-refractivity contribution in [2.24, 2.45) is 0 Å². The number of nitrogens with one attached hydrogen (secondary N) is 1. The van der Waals surface area contributed by atoms with Crippen molar-refractivity contribution < 1.29 is 14.0 Å². The SMILES string of the molecule is CCCC1NC(=O)C(CCC)N(CCCF)C1=O. The van der Waals surface area contributed by atoms with Crippen molar-refractivity contribution in [2.45, 2.75) is 58.0 Å². The van der Waals surface area contributed by atoms with Crippen molar-refractivity contribution in [3.8, 4) is 0 Å². The van der Waals surface area contributed by atoms with Crippen LogP contribution < -0.4 is 5.32 Å². The van der Waals surface area contributed by atoms with Crippen LogP contribution in [-0.2, 0) is 9.59 Å². The number of amides is 2. The van der Waals surface area contributed by atoms with Gasteiger partial charge in [0, 0.05) is 6.54 Å². The largest absolute Gasteiger partial charge is 0.343 e. The standard InChI is InChI=1S/C13H23FN2O2/c1-3-6-10-13(18)16(9-5-8-14)11(7-4-2)12(17)15-10/h10-11H,3-9H2,1-2H3,(H,15,17). The van der Waals surface area contributed by atoms with E-state index in [4.69, 9.17) is 0 Å². The summed E-state index contributed by atoms with van der Waals surface area (Å²) in [7, 11) is 0. The second kappa shape index (κ2) is 7.34. The Balaban J connectivity index is 2.78. The summed E-state index contributed by atoms with van der Waals surface area (Å²) in [4.78, 5) is 25.8. The topological polar surface area (TPSA) is 49.4 Å². The first-order valence-electron chi connectivity index (χ1n) is 6.82. The Labute approximate surface area is 108 Å². The minimum absolute atomic E-state index is 0.0525. The maximum absolute atomic E-state index is 12.3. The molecule has 0 aromatic heterocycles. The van der Waals surface area contributed by atoms with Crippen LogP contribution in [0.4, 0.5) is 4.39 Å². The van der Waals surface area contributed by atoms with Crippen molar-refractivity contribution in [2.75, 3.05) is 13.2 Å². The highest BCUT2D eigenvalue weighted by Gasteiger charge is 2.38. The summed E-state index contributed by atoms with van der Waals surface area (Å²) in [5, 5.41) is 2.78. The van der Waals surface area contributed by atoms with Gasteiger partial charge in [0.05, 0.1) is 6.67 Å². The van der Waals surface area contributed by atoms with Gasteiger partial charge in [-0.1, -0.05) is 26.7 Å². The van der Waals surface area contributed by atoms with E-state index in [-0.39, 0.29) is 11.8 Å². The molecule has 0 aromatic rings. The summed E-state index contributed by atoms with van der Waals surface area (Å²) < 4.78 is 12.3. The Kier molecular flexibility index (Phi) is 6.09. The average Bonchev–Trinajstić information content (AvgIpc) is 2.35. The number of hydrogen-bond donors (Lipinski definition) is 1. The molecule has 0 spiro atoms. The highest BCUT2D eigenvalue weighted by Crippen LogP contribution is 2.17. The molecule has 104 valence electrons. The van der Waals surface area contributed by atoms with Gasteiger partial charge < -0.3 is 10.2 Å². The first kappa shape index (κ1) is 14.9. The molecule has 0 bridgehead atoms. The van der Waals surface area contributed by atoms with Crippen LogP contribution in [0.25, 0.3) is 0 Å². The number of alkyl halides is 1. The Morgan fingerprint density at radius 2 is 1.89 bits per heavy atom. The molecule has 0 saturated carbocycles. The van der Waals surface area contributed by atoms with Crippen molar-refractivity contribution in [3.05, 3.63) is 0 Å². The Morgan fingerprint density at radius 3 is 2.44 bits per heavy atom. The van der Waals surface area contributed by atoms with Crippen LogP contribution in [0.3, 0.4) is 0 Å². The van der Waals surface area contributed by atoms with Gasteiger partial charge in [-0.15, -0.1) is 0 Å². The normalized spacial score (nSPS) is 24.3. The molecule has 2 amide bonds. The van der Waals surface area contributed by atoms with Crippen molar-refractivity contribution in [1.29, 1.82) is 0 Å². The summed E-state index contributed by atoms with van der Waals surface area (Å²) in [6, 6.07) is -0.836. The van der Waals surface area contributed by atoms with Gasteiger partial charge in [0.25, 0.3) is 0 Å². The zero-order valence-electron chi connectivity index (χ0n) is 11.2. The predicted octanol–water partition coefficient (Wildman–Crippen LogP) is 1.64. The molecule has 18 heavy (non-hydrogen) atoms. The summed E-state index contributed by atoms with van der Waals surface area (Å²) in [5.74, 6) is -0.142. The maximum Gasteiger partial charge on any atom is 0.245 e. The summed E-state index contributed by atoms with van der Waals surface area (Å²) in [6.45, 7) is 3.84. The number of nitrogens with zero attached hydrogens (tertiary/aromatic N) is 1. The van der Waals surface area contributed by atoms with Gasteiger partial charge in [0.15, 0.2) is 0 Å². The molecule has 1 N–H and O–H groups in total. The first-order chi connectivity index (χ1) is 8.65. The average molecular weight is 258 g/mol. The van der Waals surface area contributed by atoms with E-state index in [9.17, 15) is 14.0 Å². The molecule has 5 heteroatoms. The van der Waals surface area contributed by atoms with E-state index < -0.39 is 18.8 Å². The second-order valence-corrected chi connectivity index (χ2v) is 4.73. The fraction of sp³-hybridized carbons (Fsp3) is 0.846. The Hall–Kier alpha value is -1.13. The number of halogens is 1. The Morgan fingerprint density at radius 1 is 1.22 bits per heavy atom. The van der Waals surface area contributed by atoms with E-state index in [1.54, 1.807) is 4.90 Å². The number of piperazine rings is 1. The molecule has 2 atom stereocenters. The van der Waals surface area contributed by atoms with Crippen molar-refractivity contribution >= 4 is 11.8 Å². The lowest BCUT2D eigenvalue weighted by molar-refractivity contribution is -0.150. The number of carbonyl (C=O) groups excluding carboxylic acids is 2. The van der Waals surface area contributed by atoms with Gasteiger partial charge in [0.1, 0.15) is 12.1 Å². The number of carbonyl (C=O) groups is 2. The van der Waals surface area contributed by atoms with Crippen LogP contribution in [0.2, 0.25) is 0 Å². The van der Waals surface area contributed by atoms with Crippen molar-refractivity contribution in [1.82, 2.24) is 10.2 Å². The second-order valence-electron chi connectivity index (χ2n) is 4.73. The lowest BCUT2D eigenvalue weighted by atomic mass is 10.0. The van der Waals surface area contributed by atoms with Crippen LogP contribution >= 0.6 is 0 Å². The van der Waals surface area contributed by atoms with Gasteiger partial charge in [0.2, 0.25) is 11.8 Å². The fourth-order valence-corrected chi connectivity index (χ4v) is 2.37. The van der Waals surface area contributed by atoms with Crippen LogP contribution in [0.5, 0.6) is 0 Å². The number of hydrogen-bond acceptors (Lipinski definition) is 2. The van der Waals surface area contributed by atoms with Crippen LogP contribution in [-0.4, -0.2) is 42.0 Å². The summed E-state index contributed by atoms with van der Waals surface area (Å²) in [6.07, 6.45) is 3.26. The molecule has 1 aliphatic heterocycles. The molecule has 1 rings (SSSR count). The molecule has 0 aliphatic carbocycles. The van der Waals surface area contributed by atoms with Crippen LogP contribution in [0.15, 0.2) is 0 Å². The molecule has 4 nitrogen and oxygen atoms in total. The molecule has 1 heterocycles.